The molecule has 1 atom stereocenters. The Morgan fingerprint density at radius 2 is 1.91 bits per heavy atom. The summed E-state index contributed by atoms with van der Waals surface area (Å²) in [4.78, 5) is 31.6. The summed E-state index contributed by atoms with van der Waals surface area (Å²) in [7, 11) is 0. The quantitative estimate of drug-likeness (QED) is 0.336. The number of carboxylic acid groups (broad SMARTS) is 1. The van der Waals surface area contributed by atoms with Crippen LogP contribution in [0.15, 0.2) is 12.1 Å². The van der Waals surface area contributed by atoms with Gasteiger partial charge in [-0.1, -0.05) is 38.7 Å². The molecule has 1 aromatic rings. The molecule has 1 amide bonds. The average molecular weight is 491 g/mol. The molecule has 0 bridgehead atoms. The number of hydrogen-bond acceptors (Lipinski definition) is 5. The third-order valence-electron chi connectivity index (χ3n) is 7.60. The second kappa shape index (κ2) is 13.8. The number of amides is 1. The number of aromatic nitrogens is 1. The maximum atomic E-state index is 12.9. The summed E-state index contributed by atoms with van der Waals surface area (Å²) in [5.74, 6) is -0.0803. The number of anilines is 1. The Hall–Kier alpha value is -2.22. The molecule has 0 unspecified atom stereocenters. The van der Waals surface area contributed by atoms with Crippen LogP contribution in [0.25, 0.3) is 0 Å². The maximum absolute atomic E-state index is 12.9. The highest BCUT2D eigenvalue weighted by atomic mass is 19.1. The molecule has 3 heterocycles. The van der Waals surface area contributed by atoms with Gasteiger partial charge in [0.1, 0.15) is 11.9 Å². The Labute approximate surface area is 209 Å². The first-order valence-corrected chi connectivity index (χ1v) is 13.5. The first kappa shape index (κ1) is 27.4. The highest BCUT2D eigenvalue weighted by Gasteiger charge is 2.38. The lowest BCUT2D eigenvalue weighted by atomic mass is 9.79. The van der Waals surface area contributed by atoms with Gasteiger partial charge < -0.3 is 20.6 Å². The molecule has 0 aromatic carbocycles. The highest BCUT2D eigenvalue weighted by molar-refractivity contribution is 5.87. The Bertz CT molecular complexity index is 827. The van der Waals surface area contributed by atoms with E-state index in [1.165, 1.54) is 12.0 Å². The Kier molecular flexibility index (Phi) is 10.8. The standard InChI is InChI=1S/C27H43FN4O3/c1-27(14-19-32(20-15-27)18-8-16-28)26(35)31-23(25(33)34)11-6-4-2-3-5-10-22-13-12-21-9-7-17-29-24(21)30-22/h12-13,23H,2-11,14-20H2,1H3,(H,29,30)(H,31,35)(H,33,34)/t23-/m0/s1. The number of nitrogens with zero attached hydrogens (tertiary/aromatic N) is 2. The van der Waals surface area contributed by atoms with E-state index in [1.54, 1.807) is 0 Å². The summed E-state index contributed by atoms with van der Waals surface area (Å²) in [5, 5.41) is 15.8. The average Bonchev–Trinajstić information content (AvgIpc) is 2.86. The van der Waals surface area contributed by atoms with Crippen molar-refractivity contribution in [2.24, 2.45) is 5.41 Å². The number of halogens is 1. The monoisotopic (exact) mass is 490 g/mol. The van der Waals surface area contributed by atoms with E-state index < -0.39 is 17.4 Å². The molecule has 3 rings (SSSR count). The number of nitrogens with one attached hydrogen (secondary N) is 2. The lowest BCUT2D eigenvalue weighted by Gasteiger charge is -2.38. The van der Waals surface area contributed by atoms with E-state index in [1.807, 2.05) is 6.92 Å². The topological polar surface area (TPSA) is 94.6 Å². The number of hydrogen-bond donors (Lipinski definition) is 3. The fourth-order valence-electron chi connectivity index (χ4n) is 5.06. The van der Waals surface area contributed by atoms with Crippen molar-refractivity contribution in [2.75, 3.05) is 38.2 Å². The minimum Gasteiger partial charge on any atom is -0.480 e. The number of unbranched alkanes of at least 4 members (excludes halogenated alkanes) is 4. The van der Waals surface area contributed by atoms with E-state index in [4.69, 9.17) is 4.98 Å². The molecule has 1 fully saturated rings. The molecule has 2 aliphatic heterocycles. The van der Waals surface area contributed by atoms with Gasteiger partial charge in [0.15, 0.2) is 0 Å². The van der Waals surface area contributed by atoms with E-state index in [9.17, 15) is 19.1 Å². The van der Waals surface area contributed by atoms with Crippen LogP contribution in [-0.2, 0) is 22.4 Å². The van der Waals surface area contributed by atoms with Crippen LogP contribution in [0.5, 0.6) is 0 Å². The second-order valence-electron chi connectivity index (χ2n) is 10.5. The number of carboxylic acids is 1. The molecule has 196 valence electrons. The van der Waals surface area contributed by atoms with E-state index >= 15 is 0 Å². The number of fused-ring (bicyclic) bond motifs is 1. The lowest BCUT2D eigenvalue weighted by molar-refractivity contribution is -0.144. The SMILES string of the molecule is CC1(C(=O)N[C@@H](CCCCCCCc2ccc3c(n2)NCCC3)C(=O)O)CCN(CCCF)CC1. The van der Waals surface area contributed by atoms with Gasteiger partial charge in [-0.05, 0) is 76.1 Å². The normalized spacial score (nSPS) is 18.3. The molecule has 0 saturated carbocycles. The van der Waals surface area contributed by atoms with Gasteiger partial charge in [-0.15, -0.1) is 0 Å². The summed E-state index contributed by atoms with van der Waals surface area (Å²) in [6.45, 7) is 4.81. The van der Waals surface area contributed by atoms with Gasteiger partial charge in [0.2, 0.25) is 5.91 Å². The fraction of sp³-hybridized carbons (Fsp3) is 0.741. The largest absolute Gasteiger partial charge is 0.480 e. The van der Waals surface area contributed by atoms with Crippen molar-refractivity contribution in [2.45, 2.75) is 90.0 Å². The summed E-state index contributed by atoms with van der Waals surface area (Å²) >= 11 is 0. The molecule has 0 aliphatic carbocycles. The number of piperidine rings is 1. The van der Waals surface area contributed by atoms with Gasteiger partial charge in [-0.3, -0.25) is 9.18 Å². The zero-order chi connectivity index (χ0) is 25.1. The molecule has 35 heavy (non-hydrogen) atoms. The lowest BCUT2D eigenvalue weighted by Crippen LogP contribution is -2.51. The Morgan fingerprint density at radius 3 is 2.66 bits per heavy atom. The molecular weight excluding hydrogens is 447 g/mol. The molecule has 0 spiro atoms. The van der Waals surface area contributed by atoms with Crippen LogP contribution < -0.4 is 10.6 Å². The van der Waals surface area contributed by atoms with Gasteiger partial charge >= 0.3 is 5.97 Å². The van der Waals surface area contributed by atoms with Gasteiger partial charge in [-0.2, -0.15) is 0 Å². The Balaban J connectivity index is 1.31. The third-order valence-corrected chi connectivity index (χ3v) is 7.60. The molecule has 2 aliphatic rings. The first-order valence-electron chi connectivity index (χ1n) is 13.5. The van der Waals surface area contributed by atoms with Crippen molar-refractivity contribution in [1.82, 2.24) is 15.2 Å². The van der Waals surface area contributed by atoms with Crippen LogP contribution in [-0.4, -0.2) is 65.8 Å². The molecular formula is C27H43FN4O3. The summed E-state index contributed by atoms with van der Waals surface area (Å²) in [5.41, 5.74) is 1.89. The molecule has 7 nitrogen and oxygen atoms in total. The number of pyridine rings is 1. The summed E-state index contributed by atoms with van der Waals surface area (Å²) in [6, 6.07) is 3.50. The number of likely N-dealkylation sites (tertiary alicyclic amines) is 1. The number of alkyl halides is 1. The van der Waals surface area contributed by atoms with Gasteiger partial charge in [0, 0.05) is 24.2 Å². The van der Waals surface area contributed by atoms with Crippen LogP contribution in [0.3, 0.4) is 0 Å². The minimum atomic E-state index is -0.963. The van der Waals surface area contributed by atoms with Gasteiger partial charge in [0.25, 0.3) is 0 Å². The molecule has 1 saturated heterocycles. The van der Waals surface area contributed by atoms with Crippen molar-refractivity contribution in [3.05, 3.63) is 23.4 Å². The fourth-order valence-corrected chi connectivity index (χ4v) is 5.06. The number of aliphatic carboxylic acids is 1. The number of aryl methyl sites for hydroxylation is 2. The van der Waals surface area contributed by atoms with Gasteiger partial charge in [0.05, 0.1) is 6.67 Å². The molecule has 0 radical (unpaired) electrons. The highest BCUT2D eigenvalue weighted by Crippen LogP contribution is 2.31. The van der Waals surface area contributed by atoms with Crippen molar-refractivity contribution in [3.8, 4) is 0 Å². The van der Waals surface area contributed by atoms with Crippen molar-refractivity contribution in [3.63, 3.8) is 0 Å². The zero-order valence-corrected chi connectivity index (χ0v) is 21.3. The van der Waals surface area contributed by atoms with Crippen molar-refractivity contribution in [1.29, 1.82) is 0 Å². The second-order valence-corrected chi connectivity index (χ2v) is 10.5. The maximum Gasteiger partial charge on any atom is 0.326 e. The Morgan fingerprint density at radius 1 is 1.17 bits per heavy atom. The molecule has 1 aromatic heterocycles. The smallest absolute Gasteiger partial charge is 0.326 e. The van der Waals surface area contributed by atoms with Crippen LogP contribution in [0, 0.1) is 5.41 Å². The van der Waals surface area contributed by atoms with Crippen molar-refractivity contribution < 1.29 is 19.1 Å². The van der Waals surface area contributed by atoms with E-state index in [0.29, 0.717) is 32.2 Å². The van der Waals surface area contributed by atoms with E-state index in [-0.39, 0.29) is 12.6 Å². The molecule has 8 heteroatoms. The van der Waals surface area contributed by atoms with Crippen LogP contribution in [0.2, 0.25) is 0 Å². The summed E-state index contributed by atoms with van der Waals surface area (Å²) in [6.07, 6.45) is 10.5. The number of carbonyl (C=O) groups is 2. The van der Waals surface area contributed by atoms with E-state index in [2.05, 4.69) is 27.7 Å². The minimum absolute atomic E-state index is 0.165. The first-order chi connectivity index (χ1) is 16.9. The number of carbonyl (C=O) groups excluding carboxylic acids is 1. The van der Waals surface area contributed by atoms with Gasteiger partial charge in [-0.25, -0.2) is 9.78 Å². The third kappa shape index (κ3) is 8.44. The predicted octanol–water partition coefficient (Wildman–Crippen LogP) is 4.35. The summed E-state index contributed by atoms with van der Waals surface area (Å²) < 4.78 is 12.4. The zero-order valence-electron chi connectivity index (χ0n) is 21.3. The molecule has 3 N–H and O–H groups in total. The number of rotatable bonds is 14. The predicted molar refractivity (Wildman–Crippen MR) is 136 cm³/mol. The van der Waals surface area contributed by atoms with Crippen LogP contribution in [0.1, 0.15) is 82.4 Å². The van der Waals surface area contributed by atoms with E-state index in [0.717, 1.165) is 76.1 Å². The van der Waals surface area contributed by atoms with Crippen molar-refractivity contribution >= 4 is 17.7 Å². The van der Waals surface area contributed by atoms with Crippen LogP contribution >= 0.6 is 0 Å². The van der Waals surface area contributed by atoms with Crippen LogP contribution in [0.4, 0.5) is 10.2 Å².